The van der Waals surface area contributed by atoms with E-state index >= 15 is 0 Å². The van der Waals surface area contributed by atoms with Gasteiger partial charge in [-0.05, 0) is 19.0 Å². The van der Waals surface area contributed by atoms with Crippen molar-refractivity contribution in [3.8, 4) is 11.4 Å². The number of furan rings is 1. The number of nitrogens with one attached hydrogen (secondary N) is 1. The Labute approximate surface area is 112 Å². The van der Waals surface area contributed by atoms with E-state index in [4.69, 9.17) is 13.7 Å². The first-order valence-corrected chi connectivity index (χ1v) is 6.41. The minimum Gasteiger partial charge on any atom is -0.472 e. The van der Waals surface area contributed by atoms with Crippen molar-refractivity contribution in [3.63, 3.8) is 0 Å². The summed E-state index contributed by atoms with van der Waals surface area (Å²) >= 11 is 0. The summed E-state index contributed by atoms with van der Waals surface area (Å²) in [7, 11) is 1.69. The minimum atomic E-state index is 0.183. The molecule has 0 aliphatic carbocycles. The smallest absolute Gasteiger partial charge is 0.228 e. The second kappa shape index (κ2) is 7.06. The van der Waals surface area contributed by atoms with Gasteiger partial charge in [0.05, 0.1) is 18.4 Å². The van der Waals surface area contributed by atoms with Crippen molar-refractivity contribution < 1.29 is 13.7 Å². The zero-order valence-electron chi connectivity index (χ0n) is 11.3. The maximum Gasteiger partial charge on any atom is 0.228 e. The molecule has 0 amide bonds. The molecule has 2 rings (SSSR count). The Balaban J connectivity index is 1.97. The van der Waals surface area contributed by atoms with Gasteiger partial charge in [-0.25, -0.2) is 0 Å². The third-order valence-corrected chi connectivity index (χ3v) is 2.72. The molecule has 19 heavy (non-hydrogen) atoms. The monoisotopic (exact) mass is 265 g/mol. The van der Waals surface area contributed by atoms with Gasteiger partial charge in [0.15, 0.2) is 0 Å². The van der Waals surface area contributed by atoms with E-state index in [9.17, 15) is 0 Å². The number of nitrogens with zero attached hydrogens (tertiary/aromatic N) is 2. The van der Waals surface area contributed by atoms with Crippen LogP contribution in [0.15, 0.2) is 27.5 Å². The Morgan fingerprint density at radius 2 is 2.37 bits per heavy atom. The number of hydrogen-bond donors (Lipinski definition) is 1. The lowest BCUT2D eigenvalue weighted by Gasteiger charge is -2.15. The molecule has 2 aromatic rings. The average Bonchev–Trinajstić information content (AvgIpc) is 3.06. The number of ether oxygens (including phenoxy) is 1. The Hall–Kier alpha value is -1.66. The summed E-state index contributed by atoms with van der Waals surface area (Å²) in [4.78, 5) is 4.35. The number of rotatable bonds is 8. The van der Waals surface area contributed by atoms with Crippen molar-refractivity contribution >= 4 is 0 Å². The standard InChI is InChI=1S/C13H19N3O3/c1-3-5-14-11(9-17-2)7-12-15-13(16-19-12)10-4-6-18-8-10/h4,6,8,11,14H,3,5,7,9H2,1-2H3. The van der Waals surface area contributed by atoms with Crippen LogP contribution in [0.1, 0.15) is 19.2 Å². The summed E-state index contributed by atoms with van der Waals surface area (Å²) in [5.74, 6) is 1.15. The molecule has 0 aliphatic rings. The van der Waals surface area contributed by atoms with Gasteiger partial charge in [0, 0.05) is 19.6 Å². The molecule has 0 bridgehead atoms. The van der Waals surface area contributed by atoms with Gasteiger partial charge in [-0.3, -0.25) is 0 Å². The van der Waals surface area contributed by atoms with Gasteiger partial charge >= 0.3 is 0 Å². The highest BCUT2D eigenvalue weighted by Crippen LogP contribution is 2.16. The van der Waals surface area contributed by atoms with E-state index in [-0.39, 0.29) is 6.04 Å². The van der Waals surface area contributed by atoms with Gasteiger partial charge < -0.3 is 19.0 Å². The molecular weight excluding hydrogens is 246 g/mol. The molecule has 0 aromatic carbocycles. The van der Waals surface area contributed by atoms with Crippen LogP contribution >= 0.6 is 0 Å². The van der Waals surface area contributed by atoms with Crippen LogP contribution in [0.4, 0.5) is 0 Å². The Morgan fingerprint density at radius 3 is 3.05 bits per heavy atom. The SMILES string of the molecule is CCCNC(COC)Cc1nc(-c2ccoc2)no1. The van der Waals surface area contributed by atoms with Crippen LogP contribution in [0.2, 0.25) is 0 Å². The molecule has 2 heterocycles. The molecule has 1 unspecified atom stereocenters. The summed E-state index contributed by atoms with van der Waals surface area (Å²) in [6.07, 6.45) is 4.90. The highest BCUT2D eigenvalue weighted by Gasteiger charge is 2.15. The van der Waals surface area contributed by atoms with Gasteiger partial charge in [-0.1, -0.05) is 12.1 Å². The molecule has 0 saturated carbocycles. The Kier molecular flexibility index (Phi) is 5.11. The van der Waals surface area contributed by atoms with Crippen LogP contribution in [0.25, 0.3) is 11.4 Å². The molecule has 104 valence electrons. The molecule has 2 aromatic heterocycles. The van der Waals surface area contributed by atoms with Crippen LogP contribution in [0, 0.1) is 0 Å². The summed E-state index contributed by atoms with van der Waals surface area (Å²) in [6, 6.07) is 1.99. The average molecular weight is 265 g/mol. The lowest BCUT2D eigenvalue weighted by atomic mass is 10.2. The molecular formula is C13H19N3O3. The van der Waals surface area contributed by atoms with Crippen LogP contribution in [-0.4, -0.2) is 36.4 Å². The van der Waals surface area contributed by atoms with E-state index in [1.54, 1.807) is 25.7 Å². The minimum absolute atomic E-state index is 0.183. The number of hydrogen-bond acceptors (Lipinski definition) is 6. The van der Waals surface area contributed by atoms with Gasteiger partial charge in [0.2, 0.25) is 11.7 Å². The molecule has 0 saturated heterocycles. The number of methoxy groups -OCH3 is 1. The highest BCUT2D eigenvalue weighted by molar-refractivity contribution is 5.51. The van der Waals surface area contributed by atoms with Crippen LogP contribution in [0.3, 0.4) is 0 Å². The Bertz CT molecular complexity index is 467. The van der Waals surface area contributed by atoms with Crippen molar-refractivity contribution in [2.75, 3.05) is 20.3 Å². The first-order valence-electron chi connectivity index (χ1n) is 6.41. The molecule has 1 N–H and O–H groups in total. The molecule has 1 atom stereocenters. The van der Waals surface area contributed by atoms with Gasteiger partial charge in [0.1, 0.15) is 6.26 Å². The van der Waals surface area contributed by atoms with E-state index in [0.717, 1.165) is 18.5 Å². The zero-order valence-corrected chi connectivity index (χ0v) is 11.3. The summed E-state index contributed by atoms with van der Waals surface area (Å²) in [5.41, 5.74) is 0.819. The summed E-state index contributed by atoms with van der Waals surface area (Å²) in [5, 5.41) is 7.33. The van der Waals surface area contributed by atoms with E-state index < -0.39 is 0 Å². The predicted octanol–water partition coefficient (Wildman–Crippen LogP) is 1.89. The van der Waals surface area contributed by atoms with Crippen molar-refractivity contribution in [1.29, 1.82) is 0 Å². The quantitative estimate of drug-likeness (QED) is 0.785. The topological polar surface area (TPSA) is 73.3 Å². The normalized spacial score (nSPS) is 12.7. The molecule has 6 nitrogen and oxygen atoms in total. The van der Waals surface area contributed by atoms with Gasteiger partial charge in [-0.2, -0.15) is 4.98 Å². The van der Waals surface area contributed by atoms with Crippen molar-refractivity contribution in [2.24, 2.45) is 0 Å². The summed E-state index contributed by atoms with van der Waals surface area (Å²) in [6.45, 7) is 3.68. The van der Waals surface area contributed by atoms with Crippen LogP contribution < -0.4 is 5.32 Å². The molecule has 0 spiro atoms. The van der Waals surface area contributed by atoms with Crippen molar-refractivity contribution in [1.82, 2.24) is 15.5 Å². The lowest BCUT2D eigenvalue weighted by molar-refractivity contribution is 0.161. The molecule has 0 aliphatic heterocycles. The van der Waals surface area contributed by atoms with Gasteiger partial charge in [-0.15, -0.1) is 0 Å². The largest absolute Gasteiger partial charge is 0.472 e. The molecule has 6 heteroatoms. The maximum atomic E-state index is 5.25. The first kappa shape index (κ1) is 13.8. The van der Waals surface area contributed by atoms with Crippen LogP contribution in [-0.2, 0) is 11.2 Å². The van der Waals surface area contributed by atoms with Crippen LogP contribution in [0.5, 0.6) is 0 Å². The maximum absolute atomic E-state index is 5.25. The third-order valence-electron chi connectivity index (χ3n) is 2.72. The Morgan fingerprint density at radius 1 is 1.47 bits per heavy atom. The zero-order chi connectivity index (χ0) is 13.5. The lowest BCUT2D eigenvalue weighted by Crippen LogP contribution is -2.35. The van der Waals surface area contributed by atoms with E-state index in [1.807, 2.05) is 0 Å². The second-order valence-corrected chi connectivity index (χ2v) is 4.33. The first-order chi connectivity index (χ1) is 9.33. The fourth-order valence-corrected chi connectivity index (χ4v) is 1.80. The third kappa shape index (κ3) is 3.90. The van der Waals surface area contributed by atoms with E-state index in [2.05, 4.69) is 22.4 Å². The predicted molar refractivity (Wildman–Crippen MR) is 69.7 cm³/mol. The highest BCUT2D eigenvalue weighted by atomic mass is 16.5. The molecule has 0 fully saturated rings. The second-order valence-electron chi connectivity index (χ2n) is 4.33. The number of aromatic nitrogens is 2. The fraction of sp³-hybridized carbons (Fsp3) is 0.538. The van der Waals surface area contributed by atoms with Crippen molar-refractivity contribution in [3.05, 3.63) is 24.5 Å². The summed E-state index contributed by atoms with van der Waals surface area (Å²) < 4.78 is 15.4. The molecule has 0 radical (unpaired) electrons. The van der Waals surface area contributed by atoms with Crippen molar-refractivity contribution in [2.45, 2.75) is 25.8 Å². The van der Waals surface area contributed by atoms with Gasteiger partial charge in [0.25, 0.3) is 0 Å². The fourth-order valence-electron chi connectivity index (χ4n) is 1.80. The van der Waals surface area contributed by atoms with E-state index in [1.165, 1.54) is 0 Å². The van der Waals surface area contributed by atoms with E-state index in [0.29, 0.717) is 24.7 Å².